The Morgan fingerprint density at radius 2 is 1.88 bits per heavy atom. The van der Waals surface area contributed by atoms with Crippen molar-refractivity contribution in [3.05, 3.63) is 29.8 Å². The van der Waals surface area contributed by atoms with E-state index in [1.165, 1.54) is 43.4 Å². The standard InChI is InChI=1S/C16H25N/c1-3-13-8-10-15(11-9-13)17-16-7-5-6-14(4-2)12-16/h5-7,12-13,15,17H,3-4,8-11H2,1-2H3. The van der Waals surface area contributed by atoms with Gasteiger partial charge in [0, 0.05) is 11.7 Å². The fraction of sp³-hybridized carbons (Fsp3) is 0.625. The highest BCUT2D eigenvalue weighted by Crippen LogP contribution is 2.28. The summed E-state index contributed by atoms with van der Waals surface area (Å²) < 4.78 is 0. The van der Waals surface area contributed by atoms with E-state index in [4.69, 9.17) is 0 Å². The van der Waals surface area contributed by atoms with Crippen LogP contribution in [0.4, 0.5) is 5.69 Å². The van der Waals surface area contributed by atoms with Crippen molar-refractivity contribution < 1.29 is 0 Å². The van der Waals surface area contributed by atoms with Gasteiger partial charge in [0.05, 0.1) is 0 Å². The van der Waals surface area contributed by atoms with Crippen molar-refractivity contribution in [1.82, 2.24) is 0 Å². The van der Waals surface area contributed by atoms with Gasteiger partial charge in [0.15, 0.2) is 0 Å². The summed E-state index contributed by atoms with van der Waals surface area (Å²) >= 11 is 0. The van der Waals surface area contributed by atoms with Gasteiger partial charge >= 0.3 is 0 Å². The van der Waals surface area contributed by atoms with Gasteiger partial charge in [-0.1, -0.05) is 32.4 Å². The van der Waals surface area contributed by atoms with Crippen molar-refractivity contribution >= 4 is 5.69 Å². The Morgan fingerprint density at radius 3 is 2.53 bits per heavy atom. The van der Waals surface area contributed by atoms with Crippen LogP contribution in [0.15, 0.2) is 24.3 Å². The second-order valence-corrected chi connectivity index (χ2v) is 5.32. The smallest absolute Gasteiger partial charge is 0.0345 e. The number of aryl methyl sites for hydroxylation is 1. The topological polar surface area (TPSA) is 12.0 Å². The molecule has 1 aromatic carbocycles. The van der Waals surface area contributed by atoms with Crippen molar-refractivity contribution in [3.63, 3.8) is 0 Å². The van der Waals surface area contributed by atoms with Crippen LogP contribution in [0.25, 0.3) is 0 Å². The maximum absolute atomic E-state index is 3.70. The van der Waals surface area contributed by atoms with E-state index in [0.717, 1.165) is 12.3 Å². The second kappa shape index (κ2) is 6.09. The number of anilines is 1. The zero-order valence-electron chi connectivity index (χ0n) is 11.2. The van der Waals surface area contributed by atoms with Gasteiger partial charge in [0.1, 0.15) is 0 Å². The normalized spacial score (nSPS) is 24.6. The van der Waals surface area contributed by atoms with Crippen molar-refractivity contribution in [2.24, 2.45) is 5.92 Å². The molecule has 94 valence electrons. The minimum atomic E-state index is 0.699. The monoisotopic (exact) mass is 231 g/mol. The molecule has 0 aromatic heterocycles. The van der Waals surface area contributed by atoms with E-state index in [1.54, 1.807) is 0 Å². The van der Waals surface area contributed by atoms with E-state index < -0.39 is 0 Å². The lowest BCUT2D eigenvalue weighted by Gasteiger charge is -2.29. The Balaban J connectivity index is 1.88. The first-order valence-electron chi connectivity index (χ1n) is 7.17. The first-order valence-corrected chi connectivity index (χ1v) is 7.17. The summed E-state index contributed by atoms with van der Waals surface area (Å²) in [6, 6.07) is 9.57. The van der Waals surface area contributed by atoms with Crippen LogP contribution in [0, 0.1) is 5.92 Å². The van der Waals surface area contributed by atoms with Crippen LogP contribution < -0.4 is 5.32 Å². The third-order valence-electron chi connectivity index (χ3n) is 4.13. The lowest BCUT2D eigenvalue weighted by atomic mass is 9.84. The molecule has 1 aromatic rings. The van der Waals surface area contributed by atoms with Gasteiger partial charge in [-0.15, -0.1) is 0 Å². The molecular weight excluding hydrogens is 206 g/mol. The largest absolute Gasteiger partial charge is 0.382 e. The quantitative estimate of drug-likeness (QED) is 0.796. The molecule has 1 nitrogen and oxygen atoms in total. The highest BCUT2D eigenvalue weighted by Gasteiger charge is 2.19. The molecule has 0 saturated heterocycles. The average molecular weight is 231 g/mol. The zero-order valence-corrected chi connectivity index (χ0v) is 11.2. The summed E-state index contributed by atoms with van der Waals surface area (Å²) in [6.07, 6.45) is 7.98. The summed E-state index contributed by atoms with van der Waals surface area (Å²) in [5.41, 5.74) is 2.74. The van der Waals surface area contributed by atoms with Crippen LogP contribution in [0.1, 0.15) is 51.5 Å². The molecule has 0 aliphatic heterocycles. The Morgan fingerprint density at radius 1 is 1.12 bits per heavy atom. The lowest BCUT2D eigenvalue weighted by Crippen LogP contribution is -2.25. The van der Waals surface area contributed by atoms with Crippen molar-refractivity contribution in [2.75, 3.05) is 5.32 Å². The van der Waals surface area contributed by atoms with Gasteiger partial charge in [-0.25, -0.2) is 0 Å². The number of nitrogens with one attached hydrogen (secondary N) is 1. The van der Waals surface area contributed by atoms with Crippen molar-refractivity contribution in [3.8, 4) is 0 Å². The predicted octanol–water partition coefficient (Wildman–Crippen LogP) is 4.63. The van der Waals surface area contributed by atoms with E-state index in [9.17, 15) is 0 Å². The fourth-order valence-electron chi connectivity index (χ4n) is 2.83. The van der Waals surface area contributed by atoms with Crippen LogP contribution in [0.3, 0.4) is 0 Å². The Bertz CT molecular complexity index is 337. The van der Waals surface area contributed by atoms with E-state index in [1.807, 2.05) is 0 Å². The van der Waals surface area contributed by atoms with Crippen LogP contribution >= 0.6 is 0 Å². The number of hydrogen-bond acceptors (Lipinski definition) is 1. The molecule has 1 aliphatic rings. The molecule has 0 atom stereocenters. The highest BCUT2D eigenvalue weighted by atomic mass is 14.9. The minimum Gasteiger partial charge on any atom is -0.382 e. The van der Waals surface area contributed by atoms with E-state index in [-0.39, 0.29) is 0 Å². The van der Waals surface area contributed by atoms with Gasteiger partial charge in [-0.2, -0.15) is 0 Å². The van der Waals surface area contributed by atoms with E-state index >= 15 is 0 Å². The summed E-state index contributed by atoms with van der Waals surface area (Å²) in [4.78, 5) is 0. The first kappa shape index (κ1) is 12.5. The molecule has 0 heterocycles. The van der Waals surface area contributed by atoms with Gasteiger partial charge in [0.25, 0.3) is 0 Å². The highest BCUT2D eigenvalue weighted by molar-refractivity contribution is 5.46. The summed E-state index contributed by atoms with van der Waals surface area (Å²) in [5.74, 6) is 0.982. The second-order valence-electron chi connectivity index (χ2n) is 5.32. The first-order chi connectivity index (χ1) is 8.31. The van der Waals surface area contributed by atoms with Gasteiger partial charge < -0.3 is 5.32 Å². The number of rotatable bonds is 4. The van der Waals surface area contributed by atoms with Gasteiger partial charge in [0.2, 0.25) is 0 Å². The molecule has 2 rings (SSSR count). The fourth-order valence-corrected chi connectivity index (χ4v) is 2.83. The summed E-state index contributed by atoms with van der Waals surface area (Å²) in [5, 5.41) is 3.70. The third-order valence-corrected chi connectivity index (χ3v) is 4.13. The third kappa shape index (κ3) is 3.49. The molecule has 1 heteroatoms. The van der Waals surface area contributed by atoms with Gasteiger partial charge in [-0.3, -0.25) is 0 Å². The lowest BCUT2D eigenvalue weighted by molar-refractivity contribution is 0.330. The molecule has 1 N–H and O–H groups in total. The Kier molecular flexibility index (Phi) is 4.47. The Hall–Kier alpha value is -0.980. The SMILES string of the molecule is CCc1cccc(NC2CCC(CC)CC2)c1. The van der Waals surface area contributed by atoms with E-state index in [2.05, 4.69) is 43.4 Å². The van der Waals surface area contributed by atoms with E-state index in [0.29, 0.717) is 6.04 Å². The van der Waals surface area contributed by atoms with Crippen molar-refractivity contribution in [1.29, 1.82) is 0 Å². The zero-order chi connectivity index (χ0) is 12.1. The number of benzene rings is 1. The maximum Gasteiger partial charge on any atom is 0.0345 e. The molecule has 17 heavy (non-hydrogen) atoms. The minimum absolute atomic E-state index is 0.699. The van der Waals surface area contributed by atoms with Crippen LogP contribution in [0.5, 0.6) is 0 Å². The molecule has 0 bridgehead atoms. The van der Waals surface area contributed by atoms with Gasteiger partial charge in [-0.05, 0) is 55.7 Å². The Labute approximate surface area is 106 Å². The summed E-state index contributed by atoms with van der Waals surface area (Å²) in [6.45, 7) is 4.54. The molecule has 0 unspecified atom stereocenters. The predicted molar refractivity (Wildman–Crippen MR) is 75.5 cm³/mol. The van der Waals surface area contributed by atoms with Crippen LogP contribution in [-0.4, -0.2) is 6.04 Å². The molecule has 0 spiro atoms. The van der Waals surface area contributed by atoms with Crippen molar-refractivity contribution in [2.45, 2.75) is 58.4 Å². The average Bonchev–Trinajstić information content (AvgIpc) is 2.40. The van der Waals surface area contributed by atoms with Crippen LogP contribution in [0.2, 0.25) is 0 Å². The molecule has 0 amide bonds. The number of hydrogen-bond donors (Lipinski definition) is 1. The molecule has 1 saturated carbocycles. The maximum atomic E-state index is 3.70. The summed E-state index contributed by atoms with van der Waals surface area (Å²) in [7, 11) is 0. The molecule has 1 fully saturated rings. The molecule has 0 radical (unpaired) electrons. The van der Waals surface area contributed by atoms with Crippen LogP contribution in [-0.2, 0) is 6.42 Å². The molecular formula is C16H25N. The molecule has 1 aliphatic carbocycles.